The van der Waals surface area contributed by atoms with Crippen LogP contribution in [0.25, 0.3) is 0 Å². The predicted octanol–water partition coefficient (Wildman–Crippen LogP) is 2.84. The lowest BCUT2D eigenvalue weighted by atomic mass is 10.0. The molecule has 0 fully saturated rings. The quantitative estimate of drug-likeness (QED) is 0.580. The highest BCUT2D eigenvalue weighted by molar-refractivity contribution is 7.16. The predicted molar refractivity (Wildman–Crippen MR) is 88.9 cm³/mol. The van der Waals surface area contributed by atoms with Crippen LogP contribution in [0.3, 0.4) is 0 Å². The lowest BCUT2D eigenvalue weighted by molar-refractivity contribution is -0.386. The van der Waals surface area contributed by atoms with Crippen molar-refractivity contribution in [1.29, 1.82) is 0 Å². The molecule has 0 saturated heterocycles. The minimum Gasteiger partial charge on any atom is -0.504 e. The molecule has 1 aromatic heterocycles. The van der Waals surface area contributed by atoms with Crippen molar-refractivity contribution in [1.82, 2.24) is 5.32 Å². The zero-order valence-electron chi connectivity index (χ0n) is 13.2. The molecule has 9 heteroatoms. The second-order valence-corrected chi connectivity index (χ2v) is 6.58. The van der Waals surface area contributed by atoms with Crippen LogP contribution in [0.4, 0.5) is 10.7 Å². The van der Waals surface area contributed by atoms with E-state index in [0.717, 1.165) is 10.4 Å². The van der Waals surface area contributed by atoms with Crippen LogP contribution in [-0.2, 0) is 0 Å². The van der Waals surface area contributed by atoms with Gasteiger partial charge in [-0.1, -0.05) is 0 Å². The molecule has 0 aliphatic carbocycles. The van der Waals surface area contributed by atoms with Gasteiger partial charge in [-0.25, -0.2) is 0 Å². The standard InChI is InChI=1S/C15H15N3O5S/c1-6-7(2)24-15-10(6)14(20)16-13(17-15)8-4-5-9(19)12(23-3)11(8)18(21)22/h4-5,13,17,19H,1-3H3,(H,16,20)/t13-/m1/s1. The SMILES string of the molecule is COc1c(O)ccc([C@@H]2NC(=O)c3c(sc(C)c3C)N2)c1[N+](=O)[O-]. The number of anilines is 1. The number of ether oxygens (including phenoxy) is 1. The number of rotatable bonds is 3. The second kappa shape index (κ2) is 5.68. The first-order valence-corrected chi connectivity index (χ1v) is 7.88. The van der Waals surface area contributed by atoms with Crippen LogP contribution >= 0.6 is 11.3 Å². The van der Waals surface area contributed by atoms with Crippen LogP contribution in [0.5, 0.6) is 11.5 Å². The average Bonchev–Trinajstić information content (AvgIpc) is 2.81. The van der Waals surface area contributed by atoms with Crippen LogP contribution in [0.15, 0.2) is 12.1 Å². The number of aryl methyl sites for hydroxylation is 1. The average molecular weight is 349 g/mol. The summed E-state index contributed by atoms with van der Waals surface area (Å²) in [6.07, 6.45) is -0.794. The minimum atomic E-state index is -0.794. The number of hydrogen-bond acceptors (Lipinski definition) is 7. The first kappa shape index (κ1) is 16.1. The van der Waals surface area contributed by atoms with Crippen molar-refractivity contribution >= 4 is 27.9 Å². The first-order valence-electron chi connectivity index (χ1n) is 7.06. The molecule has 2 heterocycles. The molecule has 24 heavy (non-hydrogen) atoms. The maximum Gasteiger partial charge on any atom is 0.321 e. The summed E-state index contributed by atoms with van der Waals surface area (Å²) in [5.74, 6) is -0.867. The van der Waals surface area contributed by atoms with Crippen molar-refractivity contribution in [2.75, 3.05) is 12.4 Å². The third-order valence-corrected chi connectivity index (χ3v) is 5.14. The Morgan fingerprint density at radius 2 is 2.04 bits per heavy atom. The van der Waals surface area contributed by atoms with E-state index in [4.69, 9.17) is 4.74 Å². The fourth-order valence-electron chi connectivity index (χ4n) is 2.73. The number of aromatic hydroxyl groups is 1. The van der Waals surface area contributed by atoms with E-state index in [2.05, 4.69) is 10.6 Å². The second-order valence-electron chi connectivity index (χ2n) is 5.35. The molecule has 3 N–H and O–H groups in total. The molecule has 1 aliphatic rings. The Balaban J connectivity index is 2.11. The Labute approximate surface area is 141 Å². The maximum absolute atomic E-state index is 12.4. The number of fused-ring (bicyclic) bond motifs is 1. The molecular formula is C15H15N3O5S. The van der Waals surface area contributed by atoms with Gasteiger partial charge in [0.25, 0.3) is 5.91 Å². The van der Waals surface area contributed by atoms with Crippen molar-refractivity contribution in [3.8, 4) is 11.5 Å². The zero-order valence-corrected chi connectivity index (χ0v) is 14.0. The number of thiophene rings is 1. The molecule has 126 valence electrons. The van der Waals surface area contributed by atoms with Crippen molar-refractivity contribution < 1.29 is 19.6 Å². The number of hydrogen-bond donors (Lipinski definition) is 3. The molecular weight excluding hydrogens is 334 g/mol. The number of amides is 1. The van der Waals surface area contributed by atoms with E-state index in [-0.39, 0.29) is 28.7 Å². The molecule has 0 spiro atoms. The molecule has 0 radical (unpaired) electrons. The lowest BCUT2D eigenvalue weighted by Crippen LogP contribution is -2.38. The Bertz CT molecular complexity index is 861. The highest BCUT2D eigenvalue weighted by Gasteiger charge is 2.35. The van der Waals surface area contributed by atoms with Gasteiger partial charge in [0.15, 0.2) is 5.75 Å². The third-order valence-electron chi connectivity index (χ3n) is 4.00. The van der Waals surface area contributed by atoms with E-state index in [0.29, 0.717) is 10.6 Å². The summed E-state index contributed by atoms with van der Waals surface area (Å²) >= 11 is 1.42. The summed E-state index contributed by atoms with van der Waals surface area (Å²) in [6.45, 7) is 3.77. The summed E-state index contributed by atoms with van der Waals surface area (Å²) in [5.41, 5.74) is 1.26. The van der Waals surface area contributed by atoms with E-state index >= 15 is 0 Å². The normalized spacial score (nSPS) is 16.1. The van der Waals surface area contributed by atoms with Crippen LogP contribution in [0, 0.1) is 24.0 Å². The molecule has 2 aromatic rings. The van der Waals surface area contributed by atoms with E-state index in [1.807, 2.05) is 13.8 Å². The lowest BCUT2D eigenvalue weighted by Gasteiger charge is -2.26. The van der Waals surface area contributed by atoms with Gasteiger partial charge in [0.2, 0.25) is 5.75 Å². The summed E-state index contributed by atoms with van der Waals surface area (Å²) < 4.78 is 4.96. The summed E-state index contributed by atoms with van der Waals surface area (Å²) in [4.78, 5) is 24.2. The summed E-state index contributed by atoms with van der Waals surface area (Å²) in [5, 5.41) is 27.7. The molecule has 0 bridgehead atoms. The number of phenolic OH excluding ortho intramolecular Hbond substituents is 1. The molecule has 0 unspecified atom stereocenters. The van der Waals surface area contributed by atoms with Gasteiger partial charge in [-0.15, -0.1) is 11.3 Å². The number of nitrogens with one attached hydrogen (secondary N) is 2. The van der Waals surface area contributed by atoms with E-state index in [1.54, 1.807) is 0 Å². The van der Waals surface area contributed by atoms with Gasteiger partial charge in [-0.3, -0.25) is 14.9 Å². The number of nitro benzene ring substituents is 1. The summed E-state index contributed by atoms with van der Waals surface area (Å²) in [6, 6.07) is 2.70. The smallest absolute Gasteiger partial charge is 0.321 e. The van der Waals surface area contributed by atoms with Gasteiger partial charge in [0, 0.05) is 4.88 Å². The minimum absolute atomic E-state index is 0.206. The molecule has 1 amide bonds. The Morgan fingerprint density at radius 1 is 1.33 bits per heavy atom. The van der Waals surface area contributed by atoms with Crippen LogP contribution in [0.2, 0.25) is 0 Å². The van der Waals surface area contributed by atoms with Gasteiger partial charge in [-0.2, -0.15) is 0 Å². The van der Waals surface area contributed by atoms with Crippen LogP contribution < -0.4 is 15.4 Å². The van der Waals surface area contributed by atoms with Gasteiger partial charge < -0.3 is 20.5 Å². The van der Waals surface area contributed by atoms with Crippen molar-refractivity contribution in [2.45, 2.75) is 20.0 Å². The number of methoxy groups -OCH3 is 1. The zero-order chi connectivity index (χ0) is 17.6. The van der Waals surface area contributed by atoms with Gasteiger partial charge in [-0.05, 0) is 31.5 Å². The van der Waals surface area contributed by atoms with Crippen LogP contribution in [-0.4, -0.2) is 23.0 Å². The number of carbonyl (C=O) groups excluding carboxylic acids is 1. The third kappa shape index (κ3) is 2.33. The van der Waals surface area contributed by atoms with E-state index in [9.17, 15) is 20.0 Å². The van der Waals surface area contributed by atoms with Gasteiger partial charge in [0.05, 0.1) is 23.2 Å². The molecule has 0 saturated carbocycles. The highest BCUT2D eigenvalue weighted by atomic mass is 32.1. The molecule has 1 aromatic carbocycles. The topological polar surface area (TPSA) is 114 Å². The Hall–Kier alpha value is -2.81. The number of nitrogens with zero attached hydrogens (tertiary/aromatic N) is 1. The number of carbonyl (C=O) groups is 1. The fraction of sp³-hybridized carbons (Fsp3) is 0.267. The van der Waals surface area contributed by atoms with Crippen molar-refractivity contribution in [2.24, 2.45) is 0 Å². The first-order chi connectivity index (χ1) is 11.3. The van der Waals surface area contributed by atoms with Crippen molar-refractivity contribution in [3.63, 3.8) is 0 Å². The van der Waals surface area contributed by atoms with E-state index in [1.165, 1.54) is 30.6 Å². The largest absolute Gasteiger partial charge is 0.504 e. The molecule has 3 rings (SSSR count). The number of benzene rings is 1. The van der Waals surface area contributed by atoms with Gasteiger partial charge >= 0.3 is 5.69 Å². The monoisotopic (exact) mass is 349 g/mol. The Morgan fingerprint density at radius 3 is 2.67 bits per heavy atom. The number of phenols is 1. The fourth-order valence-corrected chi connectivity index (χ4v) is 3.81. The maximum atomic E-state index is 12.4. The molecule has 8 nitrogen and oxygen atoms in total. The van der Waals surface area contributed by atoms with Crippen LogP contribution in [0.1, 0.15) is 32.5 Å². The molecule has 1 atom stereocenters. The van der Waals surface area contributed by atoms with Gasteiger partial charge in [0.1, 0.15) is 11.2 Å². The Kier molecular flexibility index (Phi) is 3.80. The molecule has 1 aliphatic heterocycles. The van der Waals surface area contributed by atoms with Crippen molar-refractivity contribution in [3.05, 3.63) is 43.8 Å². The highest BCUT2D eigenvalue weighted by Crippen LogP contribution is 2.44. The number of nitro groups is 1. The summed E-state index contributed by atoms with van der Waals surface area (Å²) in [7, 11) is 1.24. The van der Waals surface area contributed by atoms with E-state index < -0.39 is 11.1 Å².